The number of carboxylic acid groups (broad SMARTS) is 1. The number of aromatic carboxylic acids is 1. The summed E-state index contributed by atoms with van der Waals surface area (Å²) < 4.78 is 5.92. The summed E-state index contributed by atoms with van der Waals surface area (Å²) in [4.78, 5) is 11.0. The van der Waals surface area contributed by atoms with Crippen LogP contribution in [0.5, 0.6) is 5.75 Å². The van der Waals surface area contributed by atoms with Gasteiger partial charge in [0, 0.05) is 5.56 Å². The topological polar surface area (TPSA) is 70.3 Å². The van der Waals surface area contributed by atoms with E-state index in [1.807, 2.05) is 30.3 Å². The van der Waals surface area contributed by atoms with Crippen LogP contribution in [0.4, 0.5) is 0 Å². The van der Waals surface area contributed by atoms with Gasteiger partial charge < -0.3 is 9.84 Å². The Balaban J connectivity index is 1.85. The fraction of sp³-hybridized carbons (Fsp3) is 0.0435. The van der Waals surface area contributed by atoms with Crippen molar-refractivity contribution in [3.05, 3.63) is 99.0 Å². The highest BCUT2D eigenvalue weighted by molar-refractivity contribution is 6.42. The molecule has 0 saturated carbocycles. The summed E-state index contributed by atoms with van der Waals surface area (Å²) in [6, 6.07) is 20.9. The van der Waals surface area contributed by atoms with Gasteiger partial charge >= 0.3 is 5.97 Å². The van der Waals surface area contributed by atoms with E-state index in [2.05, 4.69) is 6.07 Å². The van der Waals surface area contributed by atoms with Crippen LogP contribution in [0, 0.1) is 11.3 Å². The number of para-hydroxylation sites is 1. The van der Waals surface area contributed by atoms with E-state index in [1.165, 1.54) is 12.1 Å². The van der Waals surface area contributed by atoms with Gasteiger partial charge in [-0.2, -0.15) is 5.26 Å². The summed E-state index contributed by atoms with van der Waals surface area (Å²) >= 11 is 12.0. The quantitative estimate of drug-likeness (QED) is 0.371. The maximum atomic E-state index is 11.0. The van der Waals surface area contributed by atoms with E-state index in [0.29, 0.717) is 26.9 Å². The van der Waals surface area contributed by atoms with Crippen LogP contribution in [0.1, 0.15) is 27.0 Å². The number of hydrogen-bond donors (Lipinski definition) is 1. The van der Waals surface area contributed by atoms with Crippen molar-refractivity contribution >= 4 is 40.8 Å². The van der Waals surface area contributed by atoms with Gasteiger partial charge in [-0.3, -0.25) is 0 Å². The van der Waals surface area contributed by atoms with Crippen molar-refractivity contribution in [3.8, 4) is 11.8 Å². The monoisotopic (exact) mass is 423 g/mol. The molecule has 4 nitrogen and oxygen atoms in total. The number of rotatable bonds is 6. The van der Waals surface area contributed by atoms with E-state index < -0.39 is 5.97 Å². The Kier molecular flexibility index (Phi) is 6.56. The van der Waals surface area contributed by atoms with Crippen molar-refractivity contribution in [3.63, 3.8) is 0 Å². The molecular formula is C23H15Cl2NO3. The maximum Gasteiger partial charge on any atom is 0.335 e. The molecule has 29 heavy (non-hydrogen) atoms. The number of nitriles is 1. The van der Waals surface area contributed by atoms with Crippen molar-refractivity contribution in [2.75, 3.05) is 0 Å². The van der Waals surface area contributed by atoms with Crippen LogP contribution in [-0.2, 0) is 6.61 Å². The van der Waals surface area contributed by atoms with Gasteiger partial charge in [0.15, 0.2) is 0 Å². The summed E-state index contributed by atoms with van der Waals surface area (Å²) in [7, 11) is 0. The highest BCUT2D eigenvalue weighted by atomic mass is 35.5. The third-order valence-corrected chi connectivity index (χ3v) is 4.90. The van der Waals surface area contributed by atoms with Crippen molar-refractivity contribution in [2.45, 2.75) is 6.61 Å². The Morgan fingerprint density at radius 2 is 1.69 bits per heavy atom. The first-order chi connectivity index (χ1) is 14.0. The lowest BCUT2D eigenvalue weighted by Gasteiger charge is -2.10. The molecule has 0 unspecified atom stereocenters. The Labute approximate surface area is 178 Å². The Morgan fingerprint density at radius 3 is 2.34 bits per heavy atom. The first-order valence-corrected chi connectivity index (χ1v) is 9.35. The Bertz CT molecular complexity index is 1120. The van der Waals surface area contributed by atoms with Crippen LogP contribution in [0.15, 0.2) is 66.7 Å². The summed E-state index contributed by atoms with van der Waals surface area (Å²) in [5, 5.41) is 19.5. The van der Waals surface area contributed by atoms with Crippen LogP contribution >= 0.6 is 23.2 Å². The predicted octanol–water partition coefficient (Wildman–Crippen LogP) is 6.33. The summed E-state index contributed by atoms with van der Waals surface area (Å²) in [5.74, 6) is -0.409. The highest BCUT2D eigenvalue weighted by Gasteiger charge is 2.08. The fourth-order valence-electron chi connectivity index (χ4n) is 2.65. The zero-order valence-corrected chi connectivity index (χ0v) is 16.6. The molecule has 3 aromatic carbocycles. The molecule has 0 aliphatic carbocycles. The SMILES string of the molecule is N#CC(=Cc1ccccc1OCc1ccc(Cl)c(Cl)c1)c1ccc(C(=O)O)cc1. The molecule has 0 radical (unpaired) electrons. The van der Waals surface area contributed by atoms with Crippen LogP contribution in [-0.4, -0.2) is 11.1 Å². The minimum absolute atomic E-state index is 0.163. The average molecular weight is 424 g/mol. The number of nitrogens with zero attached hydrogens (tertiary/aromatic N) is 1. The molecule has 3 rings (SSSR count). The fourth-order valence-corrected chi connectivity index (χ4v) is 2.97. The zero-order valence-electron chi connectivity index (χ0n) is 15.1. The van der Waals surface area contributed by atoms with Crippen molar-refractivity contribution < 1.29 is 14.6 Å². The lowest BCUT2D eigenvalue weighted by Crippen LogP contribution is -1.97. The third kappa shape index (κ3) is 5.17. The first kappa shape index (κ1) is 20.5. The average Bonchev–Trinajstić information content (AvgIpc) is 2.73. The number of hydrogen-bond acceptors (Lipinski definition) is 3. The normalized spacial score (nSPS) is 11.0. The van der Waals surface area contributed by atoms with E-state index in [-0.39, 0.29) is 12.2 Å². The van der Waals surface area contributed by atoms with Gasteiger partial charge in [0.1, 0.15) is 12.4 Å². The molecule has 0 aliphatic heterocycles. The number of carboxylic acids is 1. The molecule has 0 bridgehead atoms. The highest BCUT2D eigenvalue weighted by Crippen LogP contribution is 2.27. The second-order valence-corrected chi connectivity index (χ2v) is 6.94. The molecule has 3 aromatic rings. The minimum Gasteiger partial charge on any atom is -0.488 e. The molecule has 0 saturated heterocycles. The largest absolute Gasteiger partial charge is 0.488 e. The number of carbonyl (C=O) groups is 1. The number of allylic oxidation sites excluding steroid dienone is 1. The predicted molar refractivity (Wildman–Crippen MR) is 114 cm³/mol. The van der Waals surface area contributed by atoms with Gasteiger partial charge in [-0.05, 0) is 47.5 Å². The zero-order chi connectivity index (χ0) is 20.8. The van der Waals surface area contributed by atoms with Crippen LogP contribution in [0.3, 0.4) is 0 Å². The van der Waals surface area contributed by atoms with Crippen LogP contribution < -0.4 is 4.74 Å². The smallest absolute Gasteiger partial charge is 0.335 e. The van der Waals surface area contributed by atoms with E-state index in [9.17, 15) is 10.1 Å². The van der Waals surface area contributed by atoms with Crippen LogP contribution in [0.2, 0.25) is 10.0 Å². The molecule has 0 fully saturated rings. The standard InChI is InChI=1S/C23H15Cl2NO3/c24-20-10-5-15(11-21(20)25)14-29-22-4-2-1-3-18(22)12-19(13-26)16-6-8-17(9-7-16)23(27)28/h1-12H,14H2,(H,27,28). The van der Waals surface area contributed by atoms with Crippen molar-refractivity contribution in [1.82, 2.24) is 0 Å². The van der Waals surface area contributed by atoms with Gasteiger partial charge in [-0.1, -0.05) is 59.6 Å². The molecule has 144 valence electrons. The summed E-state index contributed by atoms with van der Waals surface area (Å²) in [6.07, 6.45) is 1.71. The van der Waals surface area contributed by atoms with E-state index in [0.717, 1.165) is 11.1 Å². The summed E-state index contributed by atoms with van der Waals surface area (Å²) in [5.41, 5.74) is 2.77. The molecular weight excluding hydrogens is 409 g/mol. The van der Waals surface area contributed by atoms with Gasteiger partial charge in [-0.15, -0.1) is 0 Å². The van der Waals surface area contributed by atoms with Gasteiger partial charge in [0.2, 0.25) is 0 Å². The Morgan fingerprint density at radius 1 is 1.00 bits per heavy atom. The molecule has 0 heterocycles. The second-order valence-electron chi connectivity index (χ2n) is 6.13. The van der Waals surface area contributed by atoms with Crippen molar-refractivity contribution in [1.29, 1.82) is 5.26 Å². The second kappa shape index (κ2) is 9.29. The molecule has 0 aromatic heterocycles. The van der Waals surface area contributed by atoms with E-state index in [4.69, 9.17) is 33.0 Å². The summed E-state index contributed by atoms with van der Waals surface area (Å²) in [6.45, 7) is 0.289. The molecule has 1 N–H and O–H groups in total. The van der Waals surface area contributed by atoms with Gasteiger partial charge in [-0.25, -0.2) is 4.79 Å². The minimum atomic E-state index is -1.01. The lowest BCUT2D eigenvalue weighted by molar-refractivity contribution is 0.0697. The molecule has 0 atom stereocenters. The molecule has 0 amide bonds. The number of benzene rings is 3. The molecule has 6 heteroatoms. The number of ether oxygens (including phenoxy) is 1. The lowest BCUT2D eigenvalue weighted by atomic mass is 10.0. The van der Waals surface area contributed by atoms with Gasteiger partial charge in [0.25, 0.3) is 0 Å². The van der Waals surface area contributed by atoms with Crippen molar-refractivity contribution in [2.24, 2.45) is 0 Å². The van der Waals surface area contributed by atoms with Gasteiger partial charge in [0.05, 0.1) is 27.3 Å². The third-order valence-electron chi connectivity index (χ3n) is 4.16. The first-order valence-electron chi connectivity index (χ1n) is 8.59. The maximum absolute atomic E-state index is 11.0. The number of halogens is 2. The van der Waals surface area contributed by atoms with E-state index >= 15 is 0 Å². The molecule has 0 spiro atoms. The Hall–Kier alpha value is -3.26. The molecule has 0 aliphatic rings. The van der Waals surface area contributed by atoms with E-state index in [1.54, 1.807) is 30.3 Å². The van der Waals surface area contributed by atoms with Crippen LogP contribution in [0.25, 0.3) is 11.6 Å².